The van der Waals surface area contributed by atoms with Crippen molar-refractivity contribution in [3.63, 3.8) is 0 Å². The molecule has 84 valence electrons. The molecule has 0 radical (unpaired) electrons. The number of anilines is 2. The first-order chi connectivity index (χ1) is 7.33. The summed E-state index contributed by atoms with van der Waals surface area (Å²) in [5.74, 6) is 2.51. The molecule has 0 aliphatic heterocycles. The maximum absolute atomic E-state index is 5.43. The van der Waals surface area contributed by atoms with Gasteiger partial charge in [-0.1, -0.05) is 6.42 Å². The van der Waals surface area contributed by atoms with E-state index in [-0.39, 0.29) is 0 Å². The maximum atomic E-state index is 5.43. The van der Waals surface area contributed by atoms with Crippen LogP contribution < -0.4 is 11.1 Å². The van der Waals surface area contributed by atoms with Crippen molar-refractivity contribution in [2.75, 3.05) is 29.6 Å². The number of rotatable bonds is 7. The Labute approximate surface area is 95.0 Å². The standard InChI is InChI=1S/C10H18N4S/c1-15-8-4-2-3-7-12-10-6-5-9(11)13-14-10/h5-6H,2-4,7-8H2,1H3,(H2,11,13)(H,12,14). The highest BCUT2D eigenvalue weighted by Gasteiger charge is 1.94. The molecule has 0 atom stereocenters. The van der Waals surface area contributed by atoms with Crippen molar-refractivity contribution < 1.29 is 0 Å². The molecular formula is C10H18N4S. The van der Waals surface area contributed by atoms with Gasteiger partial charge in [-0.25, -0.2) is 0 Å². The summed E-state index contributed by atoms with van der Waals surface area (Å²) in [6, 6.07) is 3.60. The first-order valence-electron chi connectivity index (χ1n) is 5.15. The predicted octanol–water partition coefficient (Wildman–Crippen LogP) is 2.00. The lowest BCUT2D eigenvalue weighted by Crippen LogP contribution is -2.05. The smallest absolute Gasteiger partial charge is 0.148 e. The molecule has 0 saturated carbocycles. The summed E-state index contributed by atoms with van der Waals surface area (Å²) in [4.78, 5) is 0. The van der Waals surface area contributed by atoms with Gasteiger partial charge in [-0.2, -0.15) is 11.8 Å². The van der Waals surface area contributed by atoms with E-state index in [1.54, 1.807) is 6.07 Å². The van der Waals surface area contributed by atoms with Crippen LogP contribution in [0.1, 0.15) is 19.3 Å². The Morgan fingerprint density at radius 1 is 1.27 bits per heavy atom. The van der Waals surface area contributed by atoms with Gasteiger partial charge in [0, 0.05) is 6.54 Å². The molecule has 0 bridgehead atoms. The van der Waals surface area contributed by atoms with Crippen molar-refractivity contribution >= 4 is 23.4 Å². The summed E-state index contributed by atoms with van der Waals surface area (Å²) in [5, 5.41) is 10.9. The van der Waals surface area contributed by atoms with E-state index in [1.807, 2.05) is 17.8 Å². The lowest BCUT2D eigenvalue weighted by molar-refractivity contribution is 0.747. The summed E-state index contributed by atoms with van der Waals surface area (Å²) >= 11 is 1.90. The van der Waals surface area contributed by atoms with E-state index < -0.39 is 0 Å². The Balaban J connectivity index is 2.07. The topological polar surface area (TPSA) is 63.8 Å². The predicted molar refractivity (Wildman–Crippen MR) is 67.2 cm³/mol. The number of unbranched alkanes of at least 4 members (excludes halogenated alkanes) is 2. The summed E-state index contributed by atoms with van der Waals surface area (Å²) in [5.41, 5.74) is 5.43. The van der Waals surface area contributed by atoms with E-state index >= 15 is 0 Å². The molecule has 0 aromatic carbocycles. The number of nitrogens with one attached hydrogen (secondary N) is 1. The van der Waals surface area contributed by atoms with Crippen LogP contribution in [0.5, 0.6) is 0 Å². The highest BCUT2D eigenvalue weighted by atomic mass is 32.2. The van der Waals surface area contributed by atoms with E-state index in [0.717, 1.165) is 12.4 Å². The Morgan fingerprint density at radius 3 is 2.80 bits per heavy atom. The third kappa shape index (κ3) is 5.47. The minimum Gasteiger partial charge on any atom is -0.382 e. The van der Waals surface area contributed by atoms with Crippen LogP contribution in [0.25, 0.3) is 0 Å². The lowest BCUT2D eigenvalue weighted by atomic mass is 10.2. The molecule has 1 aromatic rings. The number of aromatic nitrogens is 2. The molecule has 0 unspecified atom stereocenters. The van der Waals surface area contributed by atoms with E-state index in [9.17, 15) is 0 Å². The number of hydrogen-bond acceptors (Lipinski definition) is 5. The normalized spacial score (nSPS) is 10.2. The van der Waals surface area contributed by atoms with Gasteiger partial charge in [-0.15, -0.1) is 10.2 Å². The molecular weight excluding hydrogens is 208 g/mol. The minimum atomic E-state index is 0.459. The second-order valence-electron chi connectivity index (χ2n) is 3.32. The van der Waals surface area contributed by atoms with Gasteiger partial charge in [0.05, 0.1) is 0 Å². The van der Waals surface area contributed by atoms with E-state index in [2.05, 4.69) is 21.8 Å². The van der Waals surface area contributed by atoms with Crippen LogP contribution in [0.15, 0.2) is 12.1 Å². The van der Waals surface area contributed by atoms with Gasteiger partial charge in [0.2, 0.25) is 0 Å². The van der Waals surface area contributed by atoms with Crippen LogP contribution in [0.4, 0.5) is 11.6 Å². The summed E-state index contributed by atoms with van der Waals surface area (Å²) in [6.07, 6.45) is 5.86. The molecule has 1 heterocycles. The zero-order chi connectivity index (χ0) is 10.9. The van der Waals surface area contributed by atoms with Crippen molar-refractivity contribution in [3.8, 4) is 0 Å². The van der Waals surface area contributed by atoms with Gasteiger partial charge in [0.25, 0.3) is 0 Å². The molecule has 1 rings (SSSR count). The van der Waals surface area contributed by atoms with Crippen LogP contribution in [0, 0.1) is 0 Å². The highest BCUT2D eigenvalue weighted by molar-refractivity contribution is 7.98. The zero-order valence-electron chi connectivity index (χ0n) is 9.07. The first-order valence-corrected chi connectivity index (χ1v) is 6.54. The van der Waals surface area contributed by atoms with Crippen molar-refractivity contribution in [3.05, 3.63) is 12.1 Å². The van der Waals surface area contributed by atoms with Crippen molar-refractivity contribution in [1.29, 1.82) is 0 Å². The molecule has 0 saturated heterocycles. The van der Waals surface area contributed by atoms with Gasteiger partial charge >= 0.3 is 0 Å². The third-order valence-electron chi connectivity index (χ3n) is 2.02. The molecule has 1 aromatic heterocycles. The molecule has 3 N–H and O–H groups in total. The van der Waals surface area contributed by atoms with Gasteiger partial charge in [0.15, 0.2) is 0 Å². The van der Waals surface area contributed by atoms with Gasteiger partial charge in [-0.05, 0) is 37.0 Å². The molecule has 0 spiro atoms. The quantitative estimate of drug-likeness (QED) is 0.696. The fraction of sp³-hybridized carbons (Fsp3) is 0.600. The molecule has 15 heavy (non-hydrogen) atoms. The van der Waals surface area contributed by atoms with Crippen LogP contribution >= 0.6 is 11.8 Å². The maximum Gasteiger partial charge on any atom is 0.148 e. The number of thioether (sulfide) groups is 1. The summed E-state index contributed by atoms with van der Waals surface area (Å²) in [7, 11) is 0. The number of nitrogen functional groups attached to an aromatic ring is 1. The fourth-order valence-corrected chi connectivity index (χ4v) is 1.69. The van der Waals surface area contributed by atoms with Gasteiger partial charge in [-0.3, -0.25) is 0 Å². The minimum absolute atomic E-state index is 0.459. The zero-order valence-corrected chi connectivity index (χ0v) is 9.89. The van der Waals surface area contributed by atoms with Crippen LogP contribution in [0.3, 0.4) is 0 Å². The van der Waals surface area contributed by atoms with E-state index in [4.69, 9.17) is 5.73 Å². The number of nitrogens with two attached hydrogens (primary N) is 1. The van der Waals surface area contributed by atoms with E-state index in [1.165, 1.54) is 25.0 Å². The van der Waals surface area contributed by atoms with Crippen molar-refractivity contribution in [1.82, 2.24) is 10.2 Å². The second-order valence-corrected chi connectivity index (χ2v) is 4.31. The Morgan fingerprint density at radius 2 is 2.13 bits per heavy atom. The molecule has 5 heteroatoms. The number of nitrogens with zero attached hydrogens (tertiary/aromatic N) is 2. The Hall–Kier alpha value is -0.970. The monoisotopic (exact) mass is 226 g/mol. The average molecular weight is 226 g/mol. The Bertz CT molecular complexity index is 263. The molecule has 0 amide bonds. The molecule has 0 fully saturated rings. The molecule has 0 aliphatic rings. The highest BCUT2D eigenvalue weighted by Crippen LogP contribution is 2.05. The van der Waals surface area contributed by atoms with Crippen molar-refractivity contribution in [2.24, 2.45) is 0 Å². The number of hydrogen-bond donors (Lipinski definition) is 2. The van der Waals surface area contributed by atoms with Crippen LogP contribution in [-0.2, 0) is 0 Å². The Kier molecular flexibility index (Phi) is 5.92. The third-order valence-corrected chi connectivity index (χ3v) is 2.71. The van der Waals surface area contributed by atoms with Crippen LogP contribution in [-0.4, -0.2) is 28.8 Å². The van der Waals surface area contributed by atoms with Crippen LogP contribution in [0.2, 0.25) is 0 Å². The largest absolute Gasteiger partial charge is 0.382 e. The molecule has 0 aliphatic carbocycles. The second kappa shape index (κ2) is 7.34. The summed E-state index contributed by atoms with van der Waals surface area (Å²) < 4.78 is 0. The average Bonchev–Trinajstić information content (AvgIpc) is 2.26. The lowest BCUT2D eigenvalue weighted by Gasteiger charge is -2.04. The SMILES string of the molecule is CSCCCCCNc1ccc(N)nn1. The van der Waals surface area contributed by atoms with Gasteiger partial charge < -0.3 is 11.1 Å². The van der Waals surface area contributed by atoms with Crippen molar-refractivity contribution in [2.45, 2.75) is 19.3 Å². The molecule has 4 nitrogen and oxygen atoms in total. The van der Waals surface area contributed by atoms with E-state index in [0.29, 0.717) is 5.82 Å². The summed E-state index contributed by atoms with van der Waals surface area (Å²) in [6.45, 7) is 0.951. The fourth-order valence-electron chi connectivity index (χ4n) is 1.20. The van der Waals surface area contributed by atoms with Gasteiger partial charge in [0.1, 0.15) is 11.6 Å². The first kappa shape index (κ1) is 12.1.